The van der Waals surface area contributed by atoms with Crippen LogP contribution in [0.25, 0.3) is 0 Å². The lowest BCUT2D eigenvalue weighted by molar-refractivity contribution is 0.346. The molecule has 4 nitrogen and oxygen atoms in total. The van der Waals surface area contributed by atoms with Gasteiger partial charge in [-0.2, -0.15) is 0 Å². The average Bonchev–Trinajstić information content (AvgIpc) is 2.62. The van der Waals surface area contributed by atoms with Crippen LogP contribution in [0.2, 0.25) is 0 Å². The topological polar surface area (TPSA) is 36.9 Å². The number of benzene rings is 2. The standard InChI is InChI=1S/C19H24O4/c1-6-13(14-9-7-8-10-16(14)20-2)15-11-18(22-4)19(23-5)12-17(15)21-3/h7-13H,6H2,1-5H3/t13-/m0/s1. The highest BCUT2D eigenvalue weighted by Crippen LogP contribution is 2.43. The fraction of sp³-hybridized carbons (Fsp3) is 0.368. The first-order valence-electron chi connectivity index (χ1n) is 7.62. The highest BCUT2D eigenvalue weighted by Gasteiger charge is 2.22. The van der Waals surface area contributed by atoms with Gasteiger partial charge in [-0.05, 0) is 18.6 Å². The van der Waals surface area contributed by atoms with Gasteiger partial charge in [0.25, 0.3) is 0 Å². The number of hydrogen-bond acceptors (Lipinski definition) is 4. The Balaban J connectivity index is 2.61. The van der Waals surface area contributed by atoms with Gasteiger partial charge in [-0.15, -0.1) is 0 Å². The lowest BCUT2D eigenvalue weighted by atomic mass is 9.87. The van der Waals surface area contributed by atoms with Crippen LogP contribution in [0.5, 0.6) is 23.0 Å². The molecule has 1 atom stereocenters. The van der Waals surface area contributed by atoms with E-state index in [2.05, 4.69) is 13.0 Å². The van der Waals surface area contributed by atoms with Gasteiger partial charge in [0.05, 0.1) is 28.4 Å². The fourth-order valence-electron chi connectivity index (χ4n) is 2.89. The van der Waals surface area contributed by atoms with E-state index in [1.165, 1.54) is 0 Å². The Morgan fingerprint density at radius 2 is 1.26 bits per heavy atom. The van der Waals surface area contributed by atoms with Crippen molar-refractivity contribution in [2.24, 2.45) is 0 Å². The second-order valence-electron chi connectivity index (χ2n) is 5.15. The third kappa shape index (κ3) is 3.36. The maximum Gasteiger partial charge on any atom is 0.164 e. The molecule has 2 aromatic carbocycles. The number of para-hydroxylation sites is 1. The van der Waals surface area contributed by atoms with Crippen LogP contribution in [0, 0.1) is 0 Å². The summed E-state index contributed by atoms with van der Waals surface area (Å²) in [5, 5.41) is 0. The molecule has 0 saturated carbocycles. The van der Waals surface area contributed by atoms with Crippen molar-refractivity contribution in [1.29, 1.82) is 0 Å². The Morgan fingerprint density at radius 3 is 1.83 bits per heavy atom. The molecule has 0 bridgehead atoms. The Labute approximate surface area is 137 Å². The maximum atomic E-state index is 5.59. The van der Waals surface area contributed by atoms with Crippen LogP contribution in [0.4, 0.5) is 0 Å². The third-order valence-electron chi connectivity index (χ3n) is 4.03. The van der Waals surface area contributed by atoms with E-state index in [4.69, 9.17) is 18.9 Å². The molecule has 0 unspecified atom stereocenters. The Morgan fingerprint density at radius 1 is 0.696 bits per heavy atom. The average molecular weight is 316 g/mol. The summed E-state index contributed by atoms with van der Waals surface area (Å²) in [7, 11) is 6.61. The van der Waals surface area contributed by atoms with Gasteiger partial charge in [-0.25, -0.2) is 0 Å². The number of methoxy groups -OCH3 is 4. The summed E-state index contributed by atoms with van der Waals surface area (Å²) in [5.41, 5.74) is 2.18. The molecule has 0 aliphatic heterocycles. The Hall–Kier alpha value is -2.36. The van der Waals surface area contributed by atoms with Crippen LogP contribution < -0.4 is 18.9 Å². The van der Waals surface area contributed by atoms with Crippen molar-refractivity contribution < 1.29 is 18.9 Å². The molecule has 0 aliphatic rings. The molecule has 2 rings (SSSR count). The van der Waals surface area contributed by atoms with Gasteiger partial charge >= 0.3 is 0 Å². The first-order valence-corrected chi connectivity index (χ1v) is 7.62. The minimum Gasteiger partial charge on any atom is -0.496 e. The third-order valence-corrected chi connectivity index (χ3v) is 4.03. The predicted octanol–water partition coefficient (Wildman–Crippen LogP) is 4.26. The van der Waals surface area contributed by atoms with Gasteiger partial charge in [0.1, 0.15) is 11.5 Å². The van der Waals surface area contributed by atoms with Gasteiger partial charge in [-0.3, -0.25) is 0 Å². The second kappa shape index (κ2) is 7.77. The number of ether oxygens (including phenoxy) is 4. The molecule has 0 fully saturated rings. The molecular formula is C19H24O4. The first kappa shape index (κ1) is 17.0. The molecule has 2 aromatic rings. The zero-order chi connectivity index (χ0) is 16.8. The van der Waals surface area contributed by atoms with Gasteiger partial charge in [0.2, 0.25) is 0 Å². The molecule has 0 spiro atoms. The molecule has 0 aliphatic carbocycles. The summed E-state index contributed by atoms with van der Waals surface area (Å²) in [6, 6.07) is 11.9. The summed E-state index contributed by atoms with van der Waals surface area (Å²) < 4.78 is 21.9. The molecule has 0 radical (unpaired) electrons. The SMILES string of the molecule is CC[C@@H](c1ccccc1OC)c1cc(OC)c(OC)cc1OC. The molecule has 23 heavy (non-hydrogen) atoms. The van der Waals surface area contributed by atoms with Gasteiger partial charge in [0.15, 0.2) is 11.5 Å². The van der Waals surface area contributed by atoms with E-state index in [9.17, 15) is 0 Å². The molecule has 0 heterocycles. The van der Waals surface area contributed by atoms with Crippen molar-refractivity contribution in [2.45, 2.75) is 19.3 Å². The Bertz CT molecular complexity index is 652. The van der Waals surface area contributed by atoms with Gasteiger partial charge < -0.3 is 18.9 Å². The van der Waals surface area contributed by atoms with Crippen LogP contribution in [-0.4, -0.2) is 28.4 Å². The van der Waals surface area contributed by atoms with Crippen molar-refractivity contribution in [3.05, 3.63) is 47.5 Å². The van der Waals surface area contributed by atoms with Gasteiger partial charge in [-0.1, -0.05) is 25.1 Å². The molecule has 124 valence electrons. The largest absolute Gasteiger partial charge is 0.496 e. The molecule has 4 heteroatoms. The summed E-state index contributed by atoms with van der Waals surface area (Å²) in [4.78, 5) is 0. The smallest absolute Gasteiger partial charge is 0.164 e. The van der Waals surface area contributed by atoms with E-state index in [0.29, 0.717) is 11.5 Å². The zero-order valence-corrected chi connectivity index (χ0v) is 14.4. The minimum absolute atomic E-state index is 0.140. The fourth-order valence-corrected chi connectivity index (χ4v) is 2.89. The predicted molar refractivity (Wildman–Crippen MR) is 91.2 cm³/mol. The summed E-state index contributed by atoms with van der Waals surface area (Å²) in [5.74, 6) is 3.14. The van der Waals surface area contributed by atoms with Crippen LogP contribution in [0.3, 0.4) is 0 Å². The van der Waals surface area contributed by atoms with Crippen molar-refractivity contribution >= 4 is 0 Å². The van der Waals surface area contributed by atoms with E-state index in [1.807, 2.05) is 30.3 Å². The van der Waals surface area contributed by atoms with Crippen molar-refractivity contribution in [1.82, 2.24) is 0 Å². The quantitative estimate of drug-likeness (QED) is 0.764. The van der Waals surface area contributed by atoms with Crippen molar-refractivity contribution in [2.75, 3.05) is 28.4 Å². The van der Waals surface area contributed by atoms with E-state index < -0.39 is 0 Å². The van der Waals surface area contributed by atoms with Gasteiger partial charge in [0, 0.05) is 23.1 Å². The molecular weight excluding hydrogens is 292 g/mol. The van der Waals surface area contributed by atoms with Crippen LogP contribution in [-0.2, 0) is 0 Å². The van der Waals surface area contributed by atoms with Crippen molar-refractivity contribution in [3.63, 3.8) is 0 Å². The minimum atomic E-state index is 0.140. The Kier molecular flexibility index (Phi) is 5.74. The summed E-state index contributed by atoms with van der Waals surface area (Å²) >= 11 is 0. The van der Waals surface area contributed by atoms with E-state index in [1.54, 1.807) is 28.4 Å². The number of hydrogen-bond donors (Lipinski definition) is 0. The monoisotopic (exact) mass is 316 g/mol. The molecule has 0 N–H and O–H groups in total. The normalized spacial score (nSPS) is 11.7. The van der Waals surface area contributed by atoms with E-state index in [0.717, 1.165) is 29.0 Å². The van der Waals surface area contributed by atoms with E-state index in [-0.39, 0.29) is 5.92 Å². The first-order chi connectivity index (χ1) is 11.2. The lowest BCUT2D eigenvalue weighted by Crippen LogP contribution is -2.06. The molecule has 0 aromatic heterocycles. The highest BCUT2D eigenvalue weighted by atomic mass is 16.5. The number of rotatable bonds is 7. The van der Waals surface area contributed by atoms with E-state index >= 15 is 0 Å². The van der Waals surface area contributed by atoms with Crippen molar-refractivity contribution in [3.8, 4) is 23.0 Å². The van der Waals surface area contributed by atoms with Crippen LogP contribution in [0.15, 0.2) is 36.4 Å². The summed E-state index contributed by atoms with van der Waals surface area (Å²) in [6.45, 7) is 2.15. The van der Waals surface area contributed by atoms with Crippen LogP contribution >= 0.6 is 0 Å². The zero-order valence-electron chi connectivity index (χ0n) is 14.4. The molecule has 0 saturated heterocycles. The maximum absolute atomic E-state index is 5.59. The second-order valence-corrected chi connectivity index (χ2v) is 5.15. The molecule has 0 amide bonds. The van der Waals surface area contributed by atoms with Crippen LogP contribution in [0.1, 0.15) is 30.4 Å². The summed E-state index contributed by atoms with van der Waals surface area (Å²) in [6.07, 6.45) is 0.909. The highest BCUT2D eigenvalue weighted by molar-refractivity contribution is 5.55. The lowest BCUT2D eigenvalue weighted by Gasteiger charge is -2.22.